The third-order valence-corrected chi connectivity index (χ3v) is 4.16. The maximum absolute atomic E-state index is 12.5. The Balaban J connectivity index is 1.67. The molecule has 3 rings (SSSR count). The summed E-state index contributed by atoms with van der Waals surface area (Å²) in [7, 11) is 1.75. The first-order valence-electron chi connectivity index (χ1n) is 7.02. The molecule has 0 aliphatic heterocycles. The Labute approximate surface area is 137 Å². The number of furan rings is 1. The van der Waals surface area contributed by atoms with E-state index in [1.165, 1.54) is 18.0 Å². The number of aromatic nitrogens is 2. The molecule has 0 spiro atoms. The molecule has 0 saturated heterocycles. The van der Waals surface area contributed by atoms with E-state index in [1.807, 2.05) is 37.3 Å². The van der Waals surface area contributed by atoms with Crippen molar-refractivity contribution in [3.05, 3.63) is 48.7 Å². The summed E-state index contributed by atoms with van der Waals surface area (Å²) in [5, 5.41) is 7.84. The Morgan fingerprint density at radius 2 is 1.96 bits per heavy atom. The SMILES string of the molecule is C[C@@H](Sc1nnc(-c2ccco2)o1)C(=O)N(C)c1ccccc1. The molecule has 0 unspecified atom stereocenters. The van der Waals surface area contributed by atoms with Crippen LogP contribution < -0.4 is 4.90 Å². The van der Waals surface area contributed by atoms with Crippen molar-refractivity contribution in [2.45, 2.75) is 17.4 Å². The zero-order valence-electron chi connectivity index (χ0n) is 12.7. The van der Waals surface area contributed by atoms with Crippen LogP contribution in [0.3, 0.4) is 0 Å². The fourth-order valence-corrected chi connectivity index (χ4v) is 2.79. The lowest BCUT2D eigenvalue weighted by molar-refractivity contribution is -0.117. The van der Waals surface area contributed by atoms with E-state index in [0.29, 0.717) is 16.9 Å². The van der Waals surface area contributed by atoms with Crippen LogP contribution in [0.5, 0.6) is 0 Å². The summed E-state index contributed by atoms with van der Waals surface area (Å²) in [6.07, 6.45) is 1.54. The highest BCUT2D eigenvalue weighted by molar-refractivity contribution is 8.00. The van der Waals surface area contributed by atoms with Gasteiger partial charge >= 0.3 is 0 Å². The van der Waals surface area contributed by atoms with Crippen molar-refractivity contribution in [3.63, 3.8) is 0 Å². The van der Waals surface area contributed by atoms with Crippen molar-refractivity contribution in [2.24, 2.45) is 0 Å². The maximum Gasteiger partial charge on any atom is 0.284 e. The van der Waals surface area contributed by atoms with Crippen LogP contribution in [0.1, 0.15) is 6.92 Å². The van der Waals surface area contributed by atoms with Crippen LogP contribution in [0.25, 0.3) is 11.7 Å². The summed E-state index contributed by atoms with van der Waals surface area (Å²) in [5.41, 5.74) is 0.840. The number of thioether (sulfide) groups is 1. The van der Waals surface area contributed by atoms with Gasteiger partial charge in [-0.05, 0) is 31.2 Å². The average Bonchev–Trinajstić information content (AvgIpc) is 3.25. The van der Waals surface area contributed by atoms with Crippen molar-refractivity contribution >= 4 is 23.4 Å². The van der Waals surface area contributed by atoms with Crippen LogP contribution in [0.2, 0.25) is 0 Å². The standard InChI is InChI=1S/C16H15N3O3S/c1-11(15(20)19(2)12-7-4-3-5-8-12)23-16-18-17-14(22-16)13-9-6-10-21-13/h3-11H,1-2H3/t11-/m1/s1. The summed E-state index contributed by atoms with van der Waals surface area (Å²) in [6.45, 7) is 1.81. The minimum atomic E-state index is -0.356. The maximum atomic E-state index is 12.5. The second-order valence-electron chi connectivity index (χ2n) is 4.84. The number of rotatable bonds is 5. The summed E-state index contributed by atoms with van der Waals surface area (Å²) in [6, 6.07) is 12.9. The summed E-state index contributed by atoms with van der Waals surface area (Å²) in [5.74, 6) is 0.761. The zero-order valence-corrected chi connectivity index (χ0v) is 13.5. The Morgan fingerprint density at radius 1 is 1.17 bits per heavy atom. The Kier molecular flexibility index (Phi) is 4.47. The first-order valence-corrected chi connectivity index (χ1v) is 7.90. The molecule has 3 aromatic rings. The van der Waals surface area contributed by atoms with Gasteiger partial charge in [-0.1, -0.05) is 30.0 Å². The van der Waals surface area contributed by atoms with Gasteiger partial charge in [0.2, 0.25) is 5.91 Å². The highest BCUT2D eigenvalue weighted by Gasteiger charge is 2.22. The van der Waals surface area contributed by atoms with Gasteiger partial charge in [0.25, 0.3) is 11.1 Å². The molecule has 1 atom stereocenters. The summed E-state index contributed by atoms with van der Waals surface area (Å²) >= 11 is 1.22. The molecule has 0 aliphatic carbocycles. The van der Waals surface area contributed by atoms with Crippen molar-refractivity contribution in [1.29, 1.82) is 0 Å². The molecule has 0 N–H and O–H groups in total. The molecule has 2 heterocycles. The molecule has 0 saturated carbocycles. The fourth-order valence-electron chi connectivity index (χ4n) is 2.01. The molecule has 118 valence electrons. The number of carbonyl (C=O) groups is 1. The van der Waals surface area contributed by atoms with Gasteiger partial charge in [-0.15, -0.1) is 10.2 Å². The highest BCUT2D eigenvalue weighted by Crippen LogP contribution is 2.27. The molecular formula is C16H15N3O3S. The number of benzene rings is 1. The van der Waals surface area contributed by atoms with Gasteiger partial charge in [-0.25, -0.2) is 0 Å². The summed E-state index contributed by atoms with van der Waals surface area (Å²) in [4.78, 5) is 14.1. The van der Waals surface area contributed by atoms with Crippen LogP contribution in [0.15, 0.2) is 62.8 Å². The first-order chi connectivity index (χ1) is 11.1. The van der Waals surface area contributed by atoms with Crippen LogP contribution in [0.4, 0.5) is 5.69 Å². The van der Waals surface area contributed by atoms with Crippen molar-refractivity contribution in [1.82, 2.24) is 10.2 Å². The number of anilines is 1. The molecule has 0 aliphatic rings. The molecule has 2 aromatic heterocycles. The molecule has 1 aromatic carbocycles. The molecule has 0 radical (unpaired) electrons. The number of hydrogen-bond donors (Lipinski definition) is 0. The van der Waals surface area contributed by atoms with Gasteiger partial charge in [-0.3, -0.25) is 4.79 Å². The predicted molar refractivity (Wildman–Crippen MR) is 87.2 cm³/mol. The average molecular weight is 329 g/mol. The van der Waals surface area contributed by atoms with E-state index >= 15 is 0 Å². The topological polar surface area (TPSA) is 72.4 Å². The zero-order chi connectivity index (χ0) is 16.2. The van der Waals surface area contributed by atoms with Gasteiger partial charge in [-0.2, -0.15) is 0 Å². The van der Waals surface area contributed by atoms with Crippen LogP contribution >= 0.6 is 11.8 Å². The van der Waals surface area contributed by atoms with Crippen LogP contribution in [-0.2, 0) is 4.79 Å². The number of nitrogens with zero attached hydrogens (tertiary/aromatic N) is 3. The normalized spacial score (nSPS) is 12.1. The van der Waals surface area contributed by atoms with E-state index in [2.05, 4.69) is 10.2 Å². The van der Waals surface area contributed by atoms with E-state index in [-0.39, 0.29) is 11.2 Å². The molecule has 0 fully saturated rings. The number of para-hydroxylation sites is 1. The van der Waals surface area contributed by atoms with Crippen LogP contribution in [0, 0.1) is 0 Å². The first kappa shape index (κ1) is 15.4. The van der Waals surface area contributed by atoms with Crippen LogP contribution in [-0.4, -0.2) is 28.4 Å². The number of amides is 1. The van der Waals surface area contributed by atoms with Gasteiger partial charge in [0, 0.05) is 12.7 Å². The number of carbonyl (C=O) groups excluding carboxylic acids is 1. The molecule has 0 bridgehead atoms. The van der Waals surface area contributed by atoms with Gasteiger partial charge in [0.1, 0.15) is 0 Å². The van der Waals surface area contributed by atoms with Gasteiger partial charge in [0.05, 0.1) is 11.5 Å². The van der Waals surface area contributed by atoms with Gasteiger partial charge in [0.15, 0.2) is 5.76 Å². The minimum Gasteiger partial charge on any atom is -0.459 e. The largest absolute Gasteiger partial charge is 0.459 e. The molecule has 23 heavy (non-hydrogen) atoms. The third-order valence-electron chi connectivity index (χ3n) is 3.24. The highest BCUT2D eigenvalue weighted by atomic mass is 32.2. The summed E-state index contributed by atoms with van der Waals surface area (Å²) < 4.78 is 10.7. The quantitative estimate of drug-likeness (QED) is 0.667. The van der Waals surface area contributed by atoms with Gasteiger partial charge < -0.3 is 13.7 Å². The lowest BCUT2D eigenvalue weighted by atomic mass is 10.3. The Bertz CT molecular complexity index is 771. The Hall–Kier alpha value is -2.54. The van der Waals surface area contributed by atoms with E-state index in [0.717, 1.165) is 5.69 Å². The Morgan fingerprint density at radius 3 is 2.65 bits per heavy atom. The second-order valence-corrected chi connectivity index (χ2v) is 6.14. The van der Waals surface area contributed by atoms with E-state index in [9.17, 15) is 4.79 Å². The van der Waals surface area contributed by atoms with E-state index in [4.69, 9.17) is 8.83 Å². The van der Waals surface area contributed by atoms with E-state index < -0.39 is 0 Å². The predicted octanol–water partition coefficient (Wildman–Crippen LogP) is 3.47. The van der Waals surface area contributed by atoms with E-state index in [1.54, 1.807) is 24.1 Å². The van der Waals surface area contributed by atoms with Crippen molar-refractivity contribution < 1.29 is 13.6 Å². The minimum absolute atomic E-state index is 0.0426. The lowest BCUT2D eigenvalue weighted by Gasteiger charge is -2.20. The lowest BCUT2D eigenvalue weighted by Crippen LogP contribution is -2.33. The monoisotopic (exact) mass is 329 g/mol. The molecule has 6 nitrogen and oxygen atoms in total. The fraction of sp³-hybridized carbons (Fsp3) is 0.188. The smallest absolute Gasteiger partial charge is 0.284 e. The molecule has 1 amide bonds. The second kappa shape index (κ2) is 6.70. The third kappa shape index (κ3) is 3.45. The molecule has 7 heteroatoms. The van der Waals surface area contributed by atoms with Crippen molar-refractivity contribution in [2.75, 3.05) is 11.9 Å². The molecular weight excluding hydrogens is 314 g/mol. The van der Waals surface area contributed by atoms with Crippen molar-refractivity contribution in [3.8, 4) is 11.7 Å². The number of hydrogen-bond acceptors (Lipinski definition) is 6.